The Kier molecular flexibility index (Phi) is 5.46. The van der Waals surface area contributed by atoms with Gasteiger partial charge in [0.1, 0.15) is 0 Å². The van der Waals surface area contributed by atoms with Crippen molar-refractivity contribution in [1.82, 2.24) is 9.97 Å². The molecule has 0 bridgehead atoms. The lowest BCUT2D eigenvalue weighted by Gasteiger charge is -2.11. The first-order valence-corrected chi connectivity index (χ1v) is 10.7. The van der Waals surface area contributed by atoms with E-state index in [4.69, 9.17) is 23.2 Å². The Morgan fingerprint density at radius 3 is 2.26 bits per heavy atom. The monoisotopic (exact) mass is 442 g/mol. The van der Waals surface area contributed by atoms with E-state index in [-0.39, 0.29) is 0 Å². The lowest BCUT2D eigenvalue weighted by atomic mass is 10.00. The second kappa shape index (κ2) is 8.54. The summed E-state index contributed by atoms with van der Waals surface area (Å²) < 4.78 is 0. The fourth-order valence-corrected chi connectivity index (χ4v) is 4.05. The Labute approximate surface area is 190 Å². The van der Waals surface area contributed by atoms with Crippen LogP contribution in [0.5, 0.6) is 0 Å². The fraction of sp³-hybridized carbons (Fsp3) is 0.0385. The molecule has 0 aliphatic heterocycles. The molecule has 151 valence electrons. The minimum absolute atomic E-state index is 0.686. The van der Waals surface area contributed by atoms with Gasteiger partial charge in [0, 0.05) is 51.9 Å². The van der Waals surface area contributed by atoms with Crippen LogP contribution in [0.1, 0.15) is 16.7 Å². The van der Waals surface area contributed by atoms with Crippen LogP contribution in [0.15, 0.2) is 85.2 Å². The van der Waals surface area contributed by atoms with Gasteiger partial charge in [0.2, 0.25) is 0 Å². The molecule has 0 fully saturated rings. The molecule has 0 atom stereocenters. The predicted octanol–water partition coefficient (Wildman–Crippen LogP) is 7.30. The van der Waals surface area contributed by atoms with Crippen LogP contribution in [0, 0.1) is 6.42 Å². The van der Waals surface area contributed by atoms with Gasteiger partial charge in [-0.1, -0.05) is 53.5 Å². The molecule has 2 aromatic heterocycles. The molecule has 0 unspecified atom stereocenters. The summed E-state index contributed by atoms with van der Waals surface area (Å²) in [5, 5.41) is 7.04. The third kappa shape index (κ3) is 4.34. The second-order valence-corrected chi connectivity index (χ2v) is 8.20. The Bertz CT molecular complexity index is 1400. The highest BCUT2D eigenvalue weighted by Gasteiger charge is 2.06. The largest absolute Gasteiger partial charge is 0.380 e. The maximum atomic E-state index is 6.11. The first-order valence-electron chi connectivity index (χ1n) is 9.92. The first-order chi connectivity index (χ1) is 15.2. The van der Waals surface area contributed by atoms with E-state index >= 15 is 0 Å². The van der Waals surface area contributed by atoms with E-state index in [1.54, 1.807) is 6.20 Å². The van der Waals surface area contributed by atoms with Gasteiger partial charge in [0.05, 0.1) is 11.0 Å². The molecule has 0 amide bonds. The zero-order valence-electron chi connectivity index (χ0n) is 16.5. The van der Waals surface area contributed by atoms with Crippen LogP contribution < -0.4 is 5.32 Å². The number of aromatic nitrogens is 2. The maximum Gasteiger partial charge on any atom is 0.0737 e. The van der Waals surface area contributed by atoms with Gasteiger partial charge in [-0.2, -0.15) is 0 Å². The molecule has 0 aliphatic rings. The van der Waals surface area contributed by atoms with Gasteiger partial charge in [0.25, 0.3) is 0 Å². The molecule has 3 nitrogen and oxygen atoms in total. The van der Waals surface area contributed by atoms with Crippen molar-refractivity contribution in [2.24, 2.45) is 0 Å². The average molecular weight is 443 g/mol. The summed E-state index contributed by atoms with van der Waals surface area (Å²) in [6.07, 6.45) is 5.79. The molecule has 1 radical (unpaired) electrons. The number of fused-ring (bicyclic) bond motifs is 2. The molecule has 3 aromatic carbocycles. The fourth-order valence-electron chi connectivity index (χ4n) is 3.71. The van der Waals surface area contributed by atoms with Crippen molar-refractivity contribution in [3.05, 3.63) is 118 Å². The zero-order chi connectivity index (χ0) is 21.2. The quantitative estimate of drug-likeness (QED) is 0.310. The summed E-state index contributed by atoms with van der Waals surface area (Å²) in [5.74, 6) is 0. The van der Waals surface area contributed by atoms with Crippen LogP contribution in [0.25, 0.3) is 21.8 Å². The standard InChI is InChI=1S/C26H18Cl2N3/c27-20-4-6-22-19(8-10-29-25(22)14-20)13-17-2-1-3-18(12-17)16-31-24-9-11-30-26-15-21(28)5-7-23(24)26/h1-15H,16H2,(H,30,31). The minimum atomic E-state index is 0.686. The van der Waals surface area contributed by atoms with E-state index in [9.17, 15) is 0 Å². The van der Waals surface area contributed by atoms with E-state index < -0.39 is 0 Å². The highest BCUT2D eigenvalue weighted by Crippen LogP contribution is 2.26. The van der Waals surface area contributed by atoms with E-state index in [1.807, 2.05) is 54.7 Å². The lowest BCUT2D eigenvalue weighted by molar-refractivity contribution is 1.14. The predicted molar refractivity (Wildman–Crippen MR) is 130 cm³/mol. The number of benzene rings is 3. The third-order valence-electron chi connectivity index (χ3n) is 5.20. The smallest absolute Gasteiger partial charge is 0.0737 e. The van der Waals surface area contributed by atoms with Crippen LogP contribution in [-0.2, 0) is 6.54 Å². The number of hydrogen-bond acceptors (Lipinski definition) is 3. The molecular weight excluding hydrogens is 425 g/mol. The third-order valence-corrected chi connectivity index (χ3v) is 5.67. The number of anilines is 1. The van der Waals surface area contributed by atoms with Crippen LogP contribution >= 0.6 is 23.2 Å². The van der Waals surface area contributed by atoms with E-state index in [0.717, 1.165) is 38.6 Å². The lowest BCUT2D eigenvalue weighted by Crippen LogP contribution is -2.01. The zero-order valence-corrected chi connectivity index (χ0v) is 18.0. The minimum Gasteiger partial charge on any atom is -0.380 e. The molecule has 5 aromatic rings. The topological polar surface area (TPSA) is 37.8 Å². The molecule has 2 heterocycles. The van der Waals surface area contributed by atoms with Gasteiger partial charge in [-0.15, -0.1) is 0 Å². The van der Waals surface area contributed by atoms with Crippen molar-refractivity contribution < 1.29 is 0 Å². The Hall–Kier alpha value is -3.14. The highest BCUT2D eigenvalue weighted by atomic mass is 35.5. The number of hydrogen-bond donors (Lipinski definition) is 1. The van der Waals surface area contributed by atoms with E-state index in [1.165, 1.54) is 5.56 Å². The van der Waals surface area contributed by atoms with Crippen molar-refractivity contribution in [3.8, 4) is 0 Å². The average Bonchev–Trinajstić information content (AvgIpc) is 2.77. The molecule has 5 rings (SSSR count). The van der Waals surface area contributed by atoms with Crippen LogP contribution in [0.2, 0.25) is 10.0 Å². The van der Waals surface area contributed by atoms with E-state index in [2.05, 4.69) is 46.0 Å². The molecule has 1 N–H and O–H groups in total. The molecule has 0 aliphatic carbocycles. The Balaban J connectivity index is 1.37. The summed E-state index contributed by atoms with van der Waals surface area (Å²) in [7, 11) is 0. The summed E-state index contributed by atoms with van der Waals surface area (Å²) in [6.45, 7) is 0.704. The van der Waals surface area contributed by atoms with Gasteiger partial charge < -0.3 is 5.32 Å². The van der Waals surface area contributed by atoms with Crippen molar-refractivity contribution in [3.63, 3.8) is 0 Å². The van der Waals surface area contributed by atoms with Gasteiger partial charge in [0.15, 0.2) is 0 Å². The number of nitrogens with zero attached hydrogens (tertiary/aromatic N) is 2. The van der Waals surface area contributed by atoms with Gasteiger partial charge in [-0.05, 0) is 59.2 Å². The second-order valence-electron chi connectivity index (χ2n) is 7.32. The molecular formula is C26H18Cl2N3. The van der Waals surface area contributed by atoms with Crippen molar-refractivity contribution in [2.45, 2.75) is 6.54 Å². The number of nitrogens with one attached hydrogen (secondary N) is 1. The van der Waals surface area contributed by atoms with Gasteiger partial charge in [-0.3, -0.25) is 9.97 Å². The number of pyridine rings is 2. The number of rotatable bonds is 5. The van der Waals surface area contributed by atoms with Gasteiger partial charge in [-0.25, -0.2) is 0 Å². The van der Waals surface area contributed by atoms with Crippen LogP contribution in [0.3, 0.4) is 0 Å². The summed E-state index contributed by atoms with van der Waals surface area (Å²) in [5.41, 5.74) is 6.24. The maximum absolute atomic E-state index is 6.11. The molecule has 31 heavy (non-hydrogen) atoms. The summed E-state index contributed by atoms with van der Waals surface area (Å²) >= 11 is 12.2. The van der Waals surface area contributed by atoms with Crippen LogP contribution in [-0.4, -0.2) is 9.97 Å². The number of halogens is 2. The van der Waals surface area contributed by atoms with Crippen LogP contribution in [0.4, 0.5) is 5.69 Å². The van der Waals surface area contributed by atoms with Crippen molar-refractivity contribution in [2.75, 3.05) is 5.32 Å². The van der Waals surface area contributed by atoms with E-state index in [0.29, 0.717) is 16.6 Å². The van der Waals surface area contributed by atoms with Gasteiger partial charge >= 0.3 is 0 Å². The molecule has 0 saturated heterocycles. The highest BCUT2D eigenvalue weighted by molar-refractivity contribution is 6.31. The Morgan fingerprint density at radius 1 is 0.742 bits per heavy atom. The first kappa shape index (κ1) is 19.8. The molecule has 5 heteroatoms. The summed E-state index contributed by atoms with van der Waals surface area (Å²) in [6, 6.07) is 24.1. The Morgan fingerprint density at radius 2 is 1.45 bits per heavy atom. The SMILES string of the molecule is Clc1ccc2c([CH]c3cccc(CNc4ccnc5cc(Cl)ccc45)c3)ccnc2c1. The van der Waals surface area contributed by atoms with Crippen molar-refractivity contribution >= 4 is 50.7 Å². The molecule has 0 saturated carbocycles. The summed E-state index contributed by atoms with van der Waals surface area (Å²) in [4.78, 5) is 8.83. The van der Waals surface area contributed by atoms with Crippen molar-refractivity contribution in [1.29, 1.82) is 0 Å². The molecule has 0 spiro atoms. The normalized spacial score (nSPS) is 11.2.